The van der Waals surface area contributed by atoms with Crippen molar-refractivity contribution in [1.29, 1.82) is 0 Å². The van der Waals surface area contributed by atoms with E-state index in [9.17, 15) is 9.59 Å². The lowest BCUT2D eigenvalue weighted by Crippen LogP contribution is -2.37. The van der Waals surface area contributed by atoms with Gasteiger partial charge in [0.15, 0.2) is 0 Å². The van der Waals surface area contributed by atoms with Crippen LogP contribution in [0.2, 0.25) is 5.02 Å². The minimum absolute atomic E-state index is 0.108. The third kappa shape index (κ3) is 4.74. The topological polar surface area (TPSA) is 104 Å². The van der Waals surface area contributed by atoms with E-state index in [1.165, 1.54) is 10.9 Å². The van der Waals surface area contributed by atoms with E-state index in [0.717, 1.165) is 0 Å². The molecule has 0 spiro atoms. The Morgan fingerprint density at radius 2 is 2.06 bits per heavy atom. The van der Waals surface area contributed by atoms with Crippen LogP contribution in [0, 0.1) is 0 Å². The number of hydrogen-bond donors (Lipinski definition) is 0. The number of fused-ring (bicyclic) bond motifs is 1. The van der Waals surface area contributed by atoms with Crippen molar-refractivity contribution < 1.29 is 18.5 Å². The van der Waals surface area contributed by atoms with Gasteiger partial charge in [-0.15, -0.1) is 0 Å². The molecular formula is C22H21ClN4O5. The Balaban J connectivity index is 1.61. The smallest absolute Gasteiger partial charge is 0.267 e. The number of furan rings is 1. The van der Waals surface area contributed by atoms with Crippen molar-refractivity contribution in [2.75, 3.05) is 20.3 Å². The van der Waals surface area contributed by atoms with Gasteiger partial charge < -0.3 is 18.6 Å². The van der Waals surface area contributed by atoms with Crippen molar-refractivity contribution in [3.8, 4) is 11.3 Å². The van der Waals surface area contributed by atoms with E-state index in [2.05, 4.69) is 10.1 Å². The minimum atomic E-state index is -0.413. The fourth-order valence-corrected chi connectivity index (χ4v) is 3.45. The number of nitrogens with zero attached hydrogens (tertiary/aromatic N) is 4. The first-order chi connectivity index (χ1) is 15.6. The molecule has 0 N–H and O–H groups in total. The van der Waals surface area contributed by atoms with Gasteiger partial charge in [0.1, 0.15) is 29.7 Å². The molecule has 3 heterocycles. The van der Waals surface area contributed by atoms with Crippen LogP contribution in [-0.2, 0) is 22.6 Å². The summed E-state index contributed by atoms with van der Waals surface area (Å²) in [5.74, 6) is 0.408. The van der Waals surface area contributed by atoms with Gasteiger partial charge in [-0.2, -0.15) is 0 Å². The van der Waals surface area contributed by atoms with Gasteiger partial charge in [-0.25, -0.2) is 4.98 Å². The predicted octanol–water partition coefficient (Wildman–Crippen LogP) is 3.36. The fraction of sp³-hybridized carbons (Fsp3) is 0.273. The summed E-state index contributed by atoms with van der Waals surface area (Å²) in [6, 6.07) is 10.4. The van der Waals surface area contributed by atoms with Crippen LogP contribution in [0.25, 0.3) is 22.4 Å². The molecule has 4 rings (SSSR count). The molecule has 0 atom stereocenters. The molecule has 0 aliphatic rings. The van der Waals surface area contributed by atoms with Gasteiger partial charge in [-0.3, -0.25) is 14.2 Å². The minimum Gasteiger partial charge on any atom is -0.467 e. The van der Waals surface area contributed by atoms with E-state index < -0.39 is 5.56 Å². The average molecular weight is 457 g/mol. The van der Waals surface area contributed by atoms with E-state index >= 15 is 0 Å². The van der Waals surface area contributed by atoms with Crippen molar-refractivity contribution in [3.63, 3.8) is 0 Å². The van der Waals surface area contributed by atoms with Gasteiger partial charge in [0.05, 0.1) is 12.8 Å². The van der Waals surface area contributed by atoms with Gasteiger partial charge >= 0.3 is 0 Å². The molecule has 0 bridgehead atoms. The summed E-state index contributed by atoms with van der Waals surface area (Å²) in [5, 5.41) is 4.77. The van der Waals surface area contributed by atoms with Gasteiger partial charge in [0, 0.05) is 30.8 Å². The molecule has 1 aromatic carbocycles. The molecule has 0 radical (unpaired) electrons. The molecule has 4 aromatic rings. The zero-order chi connectivity index (χ0) is 22.5. The highest BCUT2D eigenvalue weighted by Crippen LogP contribution is 2.25. The van der Waals surface area contributed by atoms with E-state index in [4.69, 9.17) is 25.3 Å². The second-order valence-corrected chi connectivity index (χ2v) is 7.57. The first-order valence-corrected chi connectivity index (χ1v) is 10.3. The van der Waals surface area contributed by atoms with Crippen LogP contribution in [0.15, 0.2) is 62.7 Å². The maximum Gasteiger partial charge on any atom is 0.267 e. The summed E-state index contributed by atoms with van der Waals surface area (Å²) >= 11 is 5.95. The van der Waals surface area contributed by atoms with Crippen LogP contribution >= 0.6 is 11.6 Å². The summed E-state index contributed by atoms with van der Waals surface area (Å²) in [5.41, 5.74) is 0.708. The number of hydrogen-bond acceptors (Lipinski definition) is 7. The molecule has 0 aliphatic heterocycles. The molecule has 0 aliphatic carbocycles. The number of aromatic nitrogens is 3. The molecule has 9 nitrogen and oxygen atoms in total. The number of carbonyl (C=O) groups excluding carboxylic acids is 1. The largest absolute Gasteiger partial charge is 0.467 e. The Labute approximate surface area is 188 Å². The monoisotopic (exact) mass is 456 g/mol. The third-order valence-electron chi connectivity index (χ3n) is 4.94. The van der Waals surface area contributed by atoms with Crippen molar-refractivity contribution in [2.45, 2.75) is 19.5 Å². The third-order valence-corrected chi connectivity index (χ3v) is 5.19. The van der Waals surface area contributed by atoms with Crippen molar-refractivity contribution in [3.05, 3.63) is 70.1 Å². The van der Waals surface area contributed by atoms with Gasteiger partial charge in [0.25, 0.3) is 11.3 Å². The quantitative estimate of drug-likeness (QED) is 0.356. The zero-order valence-electron chi connectivity index (χ0n) is 17.4. The molecule has 3 aromatic heterocycles. The zero-order valence-corrected chi connectivity index (χ0v) is 18.1. The van der Waals surface area contributed by atoms with Gasteiger partial charge in [0.2, 0.25) is 5.91 Å². The lowest BCUT2D eigenvalue weighted by molar-refractivity contribution is -0.133. The first-order valence-electron chi connectivity index (χ1n) is 9.96. The Morgan fingerprint density at radius 3 is 2.78 bits per heavy atom. The molecule has 10 heteroatoms. The Bertz CT molecular complexity index is 1250. The lowest BCUT2D eigenvalue weighted by Gasteiger charge is -2.22. The number of halogens is 1. The maximum absolute atomic E-state index is 13.2. The fourth-order valence-electron chi connectivity index (χ4n) is 3.33. The highest BCUT2D eigenvalue weighted by molar-refractivity contribution is 6.30. The summed E-state index contributed by atoms with van der Waals surface area (Å²) in [7, 11) is 1.61. The molecule has 0 saturated carbocycles. The summed E-state index contributed by atoms with van der Waals surface area (Å²) in [6.45, 7) is 1.09. The number of amides is 1. The molecule has 0 saturated heterocycles. The second-order valence-electron chi connectivity index (χ2n) is 7.14. The highest BCUT2D eigenvalue weighted by Gasteiger charge is 2.20. The molecule has 166 valence electrons. The van der Waals surface area contributed by atoms with E-state index in [1.54, 1.807) is 54.7 Å². The Hall–Kier alpha value is -3.43. The van der Waals surface area contributed by atoms with E-state index in [1.807, 2.05) is 0 Å². The highest BCUT2D eigenvalue weighted by atomic mass is 35.5. The molecule has 32 heavy (non-hydrogen) atoms. The first kappa shape index (κ1) is 21.8. The SMILES string of the molecule is COCCCN(Cc1ccco1)C(=O)Cn1cnc2onc(-c3ccc(Cl)cc3)c2c1=O. The van der Waals surface area contributed by atoms with Crippen LogP contribution in [0.4, 0.5) is 0 Å². The normalized spacial score (nSPS) is 11.2. The van der Waals surface area contributed by atoms with Gasteiger partial charge in [-0.05, 0) is 30.7 Å². The molecule has 1 amide bonds. The van der Waals surface area contributed by atoms with Crippen LogP contribution in [0.3, 0.4) is 0 Å². The summed E-state index contributed by atoms with van der Waals surface area (Å²) in [4.78, 5) is 32.0. The Morgan fingerprint density at radius 1 is 1.25 bits per heavy atom. The standard InChI is InChI=1S/C22H21ClN4O5/c1-30-10-3-9-26(12-17-4-2-11-31-17)18(28)13-27-14-24-21-19(22(27)29)20(25-32-21)15-5-7-16(23)8-6-15/h2,4-8,11,14H,3,9-10,12-13H2,1H3. The number of carbonyl (C=O) groups is 1. The number of benzene rings is 1. The average Bonchev–Trinajstić information content (AvgIpc) is 3.46. The van der Waals surface area contributed by atoms with E-state index in [-0.39, 0.29) is 23.6 Å². The van der Waals surface area contributed by atoms with Crippen molar-refractivity contribution in [1.82, 2.24) is 19.6 Å². The number of methoxy groups -OCH3 is 1. The van der Waals surface area contributed by atoms with Crippen LogP contribution in [0.1, 0.15) is 12.2 Å². The summed E-state index contributed by atoms with van der Waals surface area (Å²) in [6.07, 6.45) is 3.50. The number of ether oxygens (including phenoxy) is 1. The lowest BCUT2D eigenvalue weighted by atomic mass is 10.1. The van der Waals surface area contributed by atoms with Crippen molar-refractivity contribution in [2.24, 2.45) is 0 Å². The maximum atomic E-state index is 13.2. The molecular weight excluding hydrogens is 436 g/mol. The molecule has 0 unspecified atom stereocenters. The van der Waals surface area contributed by atoms with E-state index in [0.29, 0.717) is 48.2 Å². The molecule has 0 fully saturated rings. The van der Waals surface area contributed by atoms with Crippen LogP contribution in [-0.4, -0.2) is 45.8 Å². The second kappa shape index (κ2) is 9.80. The number of rotatable bonds is 9. The predicted molar refractivity (Wildman–Crippen MR) is 117 cm³/mol. The van der Waals surface area contributed by atoms with Crippen LogP contribution in [0.5, 0.6) is 0 Å². The Kier molecular flexibility index (Phi) is 6.67. The van der Waals surface area contributed by atoms with Crippen molar-refractivity contribution >= 4 is 28.6 Å². The summed E-state index contributed by atoms with van der Waals surface area (Å²) < 4.78 is 17.0. The van der Waals surface area contributed by atoms with Gasteiger partial charge in [-0.1, -0.05) is 28.9 Å². The van der Waals surface area contributed by atoms with Crippen LogP contribution < -0.4 is 5.56 Å².